The molecule has 2 atom stereocenters. The van der Waals surface area contributed by atoms with Crippen molar-refractivity contribution in [1.82, 2.24) is 20.7 Å². The Bertz CT molecular complexity index is 904. The average Bonchev–Trinajstić information content (AvgIpc) is 3.31. The first kappa shape index (κ1) is 28.4. The molecule has 1 saturated heterocycles. The van der Waals surface area contributed by atoms with Crippen molar-refractivity contribution < 1.29 is 24.6 Å². The number of halogens is 1. The van der Waals surface area contributed by atoms with E-state index >= 15 is 0 Å². The maximum atomic E-state index is 13.5. The summed E-state index contributed by atoms with van der Waals surface area (Å²) in [7, 11) is 0. The van der Waals surface area contributed by atoms with Gasteiger partial charge in [0.15, 0.2) is 0 Å². The molecule has 2 aliphatic rings. The van der Waals surface area contributed by atoms with Crippen molar-refractivity contribution in [2.75, 3.05) is 26.2 Å². The van der Waals surface area contributed by atoms with E-state index in [0.29, 0.717) is 31.0 Å². The van der Waals surface area contributed by atoms with Crippen LogP contribution in [0.5, 0.6) is 0 Å². The van der Waals surface area contributed by atoms with Gasteiger partial charge >= 0.3 is 5.97 Å². The number of rotatable bonds is 11. The van der Waals surface area contributed by atoms with Gasteiger partial charge in [0.2, 0.25) is 5.91 Å². The Hall–Kier alpha value is -2.20. The summed E-state index contributed by atoms with van der Waals surface area (Å²) in [5.41, 5.74) is 2.94. The molecule has 1 aromatic carbocycles. The molecule has 0 radical (unpaired) electrons. The van der Waals surface area contributed by atoms with E-state index in [1.54, 1.807) is 26.0 Å². The van der Waals surface area contributed by atoms with Crippen molar-refractivity contribution in [1.29, 1.82) is 0 Å². The number of aliphatic carboxylic acids is 1. The molecular weight excluding hydrogens is 484 g/mol. The van der Waals surface area contributed by atoms with Crippen molar-refractivity contribution in [2.24, 2.45) is 5.41 Å². The van der Waals surface area contributed by atoms with Gasteiger partial charge in [0.1, 0.15) is 0 Å². The molecule has 0 aromatic heterocycles. The minimum Gasteiger partial charge on any atom is -0.480 e. The summed E-state index contributed by atoms with van der Waals surface area (Å²) in [6.07, 6.45) is 6.29. The highest BCUT2D eigenvalue weighted by Crippen LogP contribution is 2.31. The highest BCUT2D eigenvalue weighted by molar-refractivity contribution is 6.30. The largest absolute Gasteiger partial charge is 0.480 e. The molecular formula is C26H39ClN4O5. The van der Waals surface area contributed by atoms with Gasteiger partial charge in [-0.25, -0.2) is 5.01 Å². The molecule has 200 valence electrons. The third-order valence-corrected chi connectivity index (χ3v) is 7.42. The number of carboxylic acid groups (broad SMARTS) is 1. The molecule has 1 saturated carbocycles. The van der Waals surface area contributed by atoms with Gasteiger partial charge in [0, 0.05) is 30.2 Å². The number of carbonyl (C=O) groups is 3. The lowest BCUT2D eigenvalue weighted by atomic mass is 9.87. The second-order valence-electron chi connectivity index (χ2n) is 10.6. The van der Waals surface area contributed by atoms with Crippen LogP contribution in [0.15, 0.2) is 24.3 Å². The number of aliphatic hydroxyl groups is 1. The van der Waals surface area contributed by atoms with Gasteiger partial charge in [0.25, 0.3) is 5.91 Å². The number of aliphatic hydroxyl groups excluding tert-OH is 1. The molecule has 3 rings (SSSR count). The van der Waals surface area contributed by atoms with E-state index in [2.05, 4.69) is 10.7 Å². The van der Waals surface area contributed by atoms with Crippen LogP contribution in [0.25, 0.3) is 0 Å². The summed E-state index contributed by atoms with van der Waals surface area (Å²) in [6.45, 7) is 4.06. The van der Waals surface area contributed by atoms with Crippen LogP contribution in [0.2, 0.25) is 5.02 Å². The van der Waals surface area contributed by atoms with Crippen molar-refractivity contribution in [3.63, 3.8) is 0 Å². The Labute approximate surface area is 218 Å². The summed E-state index contributed by atoms with van der Waals surface area (Å²) < 4.78 is 0. The van der Waals surface area contributed by atoms with E-state index in [1.807, 2.05) is 22.0 Å². The first-order valence-electron chi connectivity index (χ1n) is 12.8. The second-order valence-corrected chi connectivity index (χ2v) is 11.0. The van der Waals surface area contributed by atoms with Gasteiger partial charge < -0.3 is 15.1 Å². The van der Waals surface area contributed by atoms with Crippen LogP contribution in [0.1, 0.15) is 57.9 Å². The predicted octanol–water partition coefficient (Wildman–Crippen LogP) is 2.21. The number of nitrogens with one attached hydrogen (secondary N) is 2. The number of hydrogen-bond donors (Lipinski definition) is 4. The van der Waals surface area contributed by atoms with Crippen LogP contribution >= 0.6 is 11.6 Å². The fourth-order valence-corrected chi connectivity index (χ4v) is 5.16. The molecule has 1 unspecified atom stereocenters. The standard InChI is InChI=1S/C26H39ClN4O5/c1-26(2,17-32)25(36)31(20-6-4-3-5-7-20)21-12-13-30(16-21)29-24(35)22(28-15-23(33)34)14-18-8-10-19(27)11-9-18/h8-11,20-22,28,32H,3-7,12-17H2,1-2H3,(H,29,35)(H,33,34)/t21-,22?/m0/s1. The molecule has 2 fully saturated rings. The lowest BCUT2D eigenvalue weighted by Crippen LogP contribution is -2.56. The lowest BCUT2D eigenvalue weighted by Gasteiger charge is -2.42. The summed E-state index contributed by atoms with van der Waals surface area (Å²) in [4.78, 5) is 39.7. The molecule has 1 heterocycles. The zero-order valence-corrected chi connectivity index (χ0v) is 22.0. The van der Waals surface area contributed by atoms with Crippen LogP contribution in [0.4, 0.5) is 0 Å². The van der Waals surface area contributed by atoms with Gasteiger partial charge in [0.05, 0.1) is 24.6 Å². The van der Waals surface area contributed by atoms with Gasteiger partial charge in [-0.1, -0.05) is 43.0 Å². The third kappa shape index (κ3) is 7.65. The zero-order chi connectivity index (χ0) is 26.3. The van der Waals surface area contributed by atoms with E-state index in [1.165, 1.54) is 6.42 Å². The summed E-state index contributed by atoms with van der Waals surface area (Å²) in [5.74, 6) is -1.41. The molecule has 1 aromatic rings. The number of carbonyl (C=O) groups excluding carboxylic acids is 2. The smallest absolute Gasteiger partial charge is 0.317 e. The van der Waals surface area contributed by atoms with E-state index in [9.17, 15) is 19.5 Å². The molecule has 10 heteroatoms. The van der Waals surface area contributed by atoms with Crippen LogP contribution < -0.4 is 10.7 Å². The molecule has 1 aliphatic heterocycles. The SMILES string of the molecule is CC(C)(CO)C(=O)N(C1CCCCC1)[C@H]1CCN(NC(=O)C(Cc2ccc(Cl)cc2)NCC(=O)O)C1. The Morgan fingerprint density at radius 3 is 2.39 bits per heavy atom. The Morgan fingerprint density at radius 2 is 1.78 bits per heavy atom. The van der Waals surface area contributed by atoms with E-state index in [-0.39, 0.29) is 37.0 Å². The topological polar surface area (TPSA) is 122 Å². The van der Waals surface area contributed by atoms with Gasteiger partial charge in [-0.05, 0) is 57.2 Å². The summed E-state index contributed by atoms with van der Waals surface area (Å²) in [5, 5.41) is 24.2. The minimum atomic E-state index is -1.04. The number of amides is 2. The highest BCUT2D eigenvalue weighted by Gasteiger charge is 2.41. The van der Waals surface area contributed by atoms with Crippen molar-refractivity contribution in [3.05, 3.63) is 34.9 Å². The number of benzene rings is 1. The van der Waals surface area contributed by atoms with Gasteiger partial charge in [-0.15, -0.1) is 0 Å². The normalized spacial score (nSPS) is 20.2. The van der Waals surface area contributed by atoms with Gasteiger partial charge in [-0.3, -0.25) is 25.1 Å². The number of hydrogen-bond acceptors (Lipinski definition) is 6. The highest BCUT2D eigenvalue weighted by atomic mass is 35.5. The first-order chi connectivity index (χ1) is 17.1. The second kappa shape index (κ2) is 12.9. The van der Waals surface area contributed by atoms with E-state index in [4.69, 9.17) is 16.7 Å². The van der Waals surface area contributed by atoms with E-state index in [0.717, 1.165) is 31.2 Å². The number of carboxylic acids is 1. The van der Waals surface area contributed by atoms with Crippen molar-refractivity contribution in [2.45, 2.75) is 76.9 Å². The number of nitrogens with zero attached hydrogens (tertiary/aromatic N) is 2. The molecule has 0 spiro atoms. The Morgan fingerprint density at radius 1 is 1.11 bits per heavy atom. The van der Waals surface area contributed by atoms with Crippen LogP contribution in [0, 0.1) is 5.41 Å². The van der Waals surface area contributed by atoms with Crippen molar-refractivity contribution in [3.8, 4) is 0 Å². The summed E-state index contributed by atoms with van der Waals surface area (Å²) >= 11 is 5.96. The Kier molecular flexibility index (Phi) is 10.1. The lowest BCUT2D eigenvalue weighted by molar-refractivity contribution is -0.148. The maximum Gasteiger partial charge on any atom is 0.317 e. The Balaban J connectivity index is 1.68. The zero-order valence-electron chi connectivity index (χ0n) is 21.2. The van der Waals surface area contributed by atoms with Gasteiger partial charge in [-0.2, -0.15) is 0 Å². The molecule has 2 amide bonds. The maximum absolute atomic E-state index is 13.5. The fourth-order valence-electron chi connectivity index (χ4n) is 5.03. The molecule has 1 aliphatic carbocycles. The van der Waals surface area contributed by atoms with Crippen LogP contribution in [0.3, 0.4) is 0 Å². The molecule has 9 nitrogen and oxygen atoms in total. The fraction of sp³-hybridized carbons (Fsp3) is 0.654. The predicted molar refractivity (Wildman–Crippen MR) is 137 cm³/mol. The summed E-state index contributed by atoms with van der Waals surface area (Å²) in [6, 6.07) is 6.44. The first-order valence-corrected chi connectivity index (χ1v) is 13.2. The van der Waals surface area contributed by atoms with Crippen molar-refractivity contribution >= 4 is 29.4 Å². The molecule has 4 N–H and O–H groups in total. The minimum absolute atomic E-state index is 0.0428. The van der Waals surface area contributed by atoms with Crippen LogP contribution in [-0.2, 0) is 20.8 Å². The monoisotopic (exact) mass is 522 g/mol. The third-order valence-electron chi connectivity index (χ3n) is 7.17. The molecule has 0 bridgehead atoms. The quantitative estimate of drug-likeness (QED) is 0.351. The molecule has 36 heavy (non-hydrogen) atoms. The average molecular weight is 523 g/mol. The number of hydrazine groups is 1. The van der Waals surface area contributed by atoms with Crippen LogP contribution in [-0.4, -0.2) is 82.3 Å². The van der Waals surface area contributed by atoms with E-state index < -0.39 is 17.4 Å².